The number of furan rings is 1. The molecule has 1 aromatic heterocycles. The van der Waals surface area contributed by atoms with Crippen molar-refractivity contribution in [2.45, 2.75) is 0 Å². The lowest BCUT2D eigenvalue weighted by atomic mass is 10.2. The molecule has 0 unspecified atom stereocenters. The average Bonchev–Trinajstić information content (AvgIpc) is 3.22. The first-order chi connectivity index (χ1) is 13.6. The Balaban J connectivity index is 1.51. The average molecular weight is 395 g/mol. The number of ether oxygens (including phenoxy) is 1. The van der Waals surface area contributed by atoms with Gasteiger partial charge >= 0.3 is 5.97 Å². The zero-order chi connectivity index (χ0) is 19.8. The number of hydrogen-bond donors (Lipinski definition) is 1. The van der Waals surface area contributed by atoms with Crippen LogP contribution in [0.1, 0.15) is 21.7 Å². The zero-order valence-electron chi connectivity index (χ0n) is 14.5. The smallest absolute Gasteiger partial charge is 0.336 e. The van der Waals surface area contributed by atoms with Gasteiger partial charge in [0.25, 0.3) is 5.91 Å². The van der Waals surface area contributed by atoms with Gasteiger partial charge in [0.15, 0.2) is 0 Å². The van der Waals surface area contributed by atoms with Gasteiger partial charge in [0.1, 0.15) is 11.5 Å². The molecule has 3 rings (SSSR count). The molecule has 7 heteroatoms. The lowest BCUT2D eigenvalue weighted by Crippen LogP contribution is -2.17. The van der Waals surface area contributed by atoms with Crippen LogP contribution in [-0.2, 0) is 4.79 Å². The number of carbonyl (C=O) groups excluding carboxylic acids is 2. The van der Waals surface area contributed by atoms with Gasteiger partial charge in [0, 0.05) is 16.7 Å². The number of nitrogens with one attached hydrogen (secondary N) is 1. The molecule has 0 spiro atoms. The highest BCUT2D eigenvalue weighted by atomic mass is 35.5. The van der Waals surface area contributed by atoms with E-state index in [2.05, 4.69) is 10.5 Å². The topological polar surface area (TPSA) is 80.9 Å². The Morgan fingerprint density at radius 1 is 1.04 bits per heavy atom. The summed E-state index contributed by atoms with van der Waals surface area (Å²) in [5.41, 5.74) is 3.60. The van der Waals surface area contributed by atoms with Gasteiger partial charge in [0.05, 0.1) is 12.5 Å². The van der Waals surface area contributed by atoms with Crippen molar-refractivity contribution in [1.82, 2.24) is 5.43 Å². The largest absolute Gasteiger partial charge is 0.465 e. The zero-order valence-corrected chi connectivity index (χ0v) is 15.3. The maximum absolute atomic E-state index is 11.9. The van der Waals surface area contributed by atoms with E-state index in [0.717, 1.165) is 5.56 Å². The Morgan fingerprint density at radius 2 is 1.79 bits per heavy atom. The number of carbonyl (C=O) groups is 2. The Kier molecular flexibility index (Phi) is 6.38. The van der Waals surface area contributed by atoms with E-state index < -0.39 is 5.97 Å². The number of hydrazone groups is 1. The molecule has 0 aliphatic rings. The minimum absolute atomic E-state index is 0.346. The van der Waals surface area contributed by atoms with E-state index in [9.17, 15) is 9.59 Å². The summed E-state index contributed by atoms with van der Waals surface area (Å²) in [5.74, 6) is 0.0791. The fraction of sp³-hybridized carbons (Fsp3) is 0. The van der Waals surface area contributed by atoms with Crippen molar-refractivity contribution < 1.29 is 18.7 Å². The highest BCUT2D eigenvalue weighted by Gasteiger charge is 2.03. The summed E-state index contributed by atoms with van der Waals surface area (Å²) in [7, 11) is 0. The van der Waals surface area contributed by atoms with Crippen molar-refractivity contribution in [3.63, 3.8) is 0 Å². The van der Waals surface area contributed by atoms with Crippen LogP contribution in [0.2, 0.25) is 5.02 Å². The van der Waals surface area contributed by atoms with Crippen LogP contribution in [0.3, 0.4) is 0 Å². The minimum atomic E-state index is -0.520. The van der Waals surface area contributed by atoms with Crippen molar-refractivity contribution in [1.29, 1.82) is 0 Å². The molecule has 140 valence electrons. The van der Waals surface area contributed by atoms with Crippen molar-refractivity contribution in [2.75, 3.05) is 0 Å². The normalized spacial score (nSPS) is 11.0. The SMILES string of the molecule is O=C(/C=C/c1ccco1)Oc1ccc(/C=N/NC(=O)c2ccc(Cl)cc2)cc1. The number of rotatable bonds is 6. The molecule has 1 amide bonds. The third kappa shape index (κ3) is 5.69. The third-order valence-electron chi connectivity index (χ3n) is 3.51. The molecule has 0 aliphatic heterocycles. The summed E-state index contributed by atoms with van der Waals surface area (Å²) in [6, 6.07) is 16.6. The molecule has 2 aromatic carbocycles. The predicted octanol–water partition coefficient (Wildman–Crippen LogP) is 4.32. The third-order valence-corrected chi connectivity index (χ3v) is 3.76. The fourth-order valence-corrected chi connectivity index (χ4v) is 2.27. The molecule has 0 saturated carbocycles. The second-order valence-electron chi connectivity index (χ2n) is 5.54. The van der Waals surface area contributed by atoms with E-state index in [1.165, 1.54) is 24.6 Å². The van der Waals surface area contributed by atoms with Crippen LogP contribution in [0.5, 0.6) is 5.75 Å². The van der Waals surface area contributed by atoms with E-state index in [1.807, 2.05) is 0 Å². The van der Waals surface area contributed by atoms with Gasteiger partial charge in [-0.25, -0.2) is 10.2 Å². The molecular weight excluding hydrogens is 380 g/mol. The first-order valence-electron chi connectivity index (χ1n) is 8.22. The van der Waals surface area contributed by atoms with Crippen LogP contribution in [0.15, 0.2) is 82.5 Å². The summed E-state index contributed by atoms with van der Waals surface area (Å²) in [6.45, 7) is 0. The van der Waals surface area contributed by atoms with Crippen molar-refractivity contribution in [3.05, 3.63) is 94.9 Å². The first kappa shape index (κ1) is 19.1. The molecule has 0 bridgehead atoms. The first-order valence-corrected chi connectivity index (χ1v) is 8.60. The highest BCUT2D eigenvalue weighted by molar-refractivity contribution is 6.30. The van der Waals surface area contributed by atoms with Crippen molar-refractivity contribution >= 4 is 35.8 Å². The molecule has 0 atom stereocenters. The summed E-state index contributed by atoms with van der Waals surface area (Å²) in [6.07, 6.45) is 5.80. The minimum Gasteiger partial charge on any atom is -0.465 e. The summed E-state index contributed by atoms with van der Waals surface area (Å²) in [4.78, 5) is 23.7. The van der Waals surface area contributed by atoms with Crippen LogP contribution >= 0.6 is 11.6 Å². The Morgan fingerprint density at radius 3 is 2.46 bits per heavy atom. The number of nitrogens with zero attached hydrogens (tertiary/aromatic N) is 1. The molecule has 0 saturated heterocycles. The van der Waals surface area contributed by atoms with E-state index in [-0.39, 0.29) is 5.91 Å². The van der Waals surface area contributed by atoms with Gasteiger partial charge in [-0.05, 0) is 72.3 Å². The molecule has 0 fully saturated rings. The molecule has 3 aromatic rings. The van der Waals surface area contributed by atoms with Gasteiger partial charge in [-0.1, -0.05) is 11.6 Å². The highest BCUT2D eigenvalue weighted by Crippen LogP contribution is 2.12. The number of esters is 1. The Hall–Kier alpha value is -3.64. The maximum atomic E-state index is 11.9. The molecule has 0 radical (unpaired) electrons. The van der Waals surface area contributed by atoms with Crippen LogP contribution in [-0.4, -0.2) is 18.1 Å². The molecule has 1 N–H and O–H groups in total. The Labute approximate surface area is 166 Å². The quantitative estimate of drug-likeness (QED) is 0.222. The van der Waals surface area contributed by atoms with Gasteiger partial charge in [0.2, 0.25) is 0 Å². The number of halogens is 1. The van der Waals surface area contributed by atoms with Gasteiger partial charge in [-0.3, -0.25) is 4.79 Å². The van der Waals surface area contributed by atoms with Gasteiger partial charge in [-0.2, -0.15) is 5.10 Å². The standard InChI is InChI=1S/C21H15ClN2O4/c22-17-7-5-16(6-8-17)21(26)24-23-14-15-3-9-19(10-4-15)28-20(25)12-11-18-2-1-13-27-18/h1-14H,(H,24,26)/b12-11+,23-14+. The van der Waals surface area contributed by atoms with E-state index in [1.54, 1.807) is 60.7 Å². The maximum Gasteiger partial charge on any atom is 0.336 e. The fourth-order valence-electron chi connectivity index (χ4n) is 2.14. The predicted molar refractivity (Wildman–Crippen MR) is 106 cm³/mol. The molecule has 1 heterocycles. The second-order valence-corrected chi connectivity index (χ2v) is 5.98. The molecule has 28 heavy (non-hydrogen) atoms. The monoisotopic (exact) mass is 394 g/mol. The van der Waals surface area contributed by atoms with E-state index in [4.69, 9.17) is 20.8 Å². The van der Waals surface area contributed by atoms with Crippen LogP contribution in [0.25, 0.3) is 6.08 Å². The van der Waals surface area contributed by atoms with Crippen LogP contribution < -0.4 is 10.2 Å². The van der Waals surface area contributed by atoms with E-state index >= 15 is 0 Å². The van der Waals surface area contributed by atoms with Gasteiger partial charge in [-0.15, -0.1) is 0 Å². The Bertz CT molecular complexity index is 992. The lowest BCUT2D eigenvalue weighted by Gasteiger charge is -2.02. The summed E-state index contributed by atoms with van der Waals surface area (Å²) >= 11 is 5.79. The molecule has 6 nitrogen and oxygen atoms in total. The second kappa shape index (κ2) is 9.34. The number of benzene rings is 2. The number of amides is 1. The van der Waals surface area contributed by atoms with Crippen molar-refractivity contribution in [3.8, 4) is 5.75 Å². The lowest BCUT2D eigenvalue weighted by molar-refractivity contribution is -0.128. The van der Waals surface area contributed by atoms with Crippen molar-refractivity contribution in [2.24, 2.45) is 5.10 Å². The van der Waals surface area contributed by atoms with E-state index in [0.29, 0.717) is 22.1 Å². The van der Waals surface area contributed by atoms with Crippen LogP contribution in [0, 0.1) is 0 Å². The molecule has 0 aliphatic carbocycles. The van der Waals surface area contributed by atoms with Gasteiger partial charge < -0.3 is 9.15 Å². The summed E-state index contributed by atoms with van der Waals surface area (Å²) in [5, 5.41) is 4.46. The molecular formula is C21H15ClN2O4. The summed E-state index contributed by atoms with van der Waals surface area (Å²) < 4.78 is 10.3. The van der Waals surface area contributed by atoms with Crippen LogP contribution in [0.4, 0.5) is 0 Å². The number of hydrogen-bond acceptors (Lipinski definition) is 5.